The lowest BCUT2D eigenvalue weighted by Crippen LogP contribution is -2.36. The number of nitrogens with one attached hydrogen (secondary N) is 1. The Bertz CT molecular complexity index is 943. The summed E-state index contributed by atoms with van der Waals surface area (Å²) in [5.74, 6) is 0.231. The minimum Gasteiger partial charge on any atom is -0.465 e. The number of likely N-dealkylation sites (tertiary alicyclic amines) is 1. The number of rotatable bonds is 4. The molecule has 1 aromatic heterocycles. The lowest BCUT2D eigenvalue weighted by atomic mass is 9.98. The van der Waals surface area contributed by atoms with Crippen molar-refractivity contribution >= 4 is 37.7 Å². The number of carboxylic acid groups (broad SMARTS) is 1. The molecule has 2 fully saturated rings. The van der Waals surface area contributed by atoms with Crippen molar-refractivity contribution in [1.29, 1.82) is 0 Å². The van der Waals surface area contributed by atoms with Gasteiger partial charge < -0.3 is 10.0 Å². The fourth-order valence-electron chi connectivity index (χ4n) is 3.91. The molecule has 0 atom stereocenters. The van der Waals surface area contributed by atoms with Crippen LogP contribution in [0.1, 0.15) is 49.5 Å². The number of fused-ring (bicyclic) bond motifs is 1. The number of aromatic nitrogens is 1. The minimum absolute atomic E-state index is 0.0436. The molecule has 0 radical (unpaired) electrons. The third kappa shape index (κ3) is 3.95. The summed E-state index contributed by atoms with van der Waals surface area (Å²) in [5.41, 5.74) is 0.801. The van der Waals surface area contributed by atoms with Gasteiger partial charge in [-0.2, -0.15) is 0 Å². The molecule has 9 heteroatoms. The van der Waals surface area contributed by atoms with E-state index in [1.54, 1.807) is 18.2 Å². The summed E-state index contributed by atoms with van der Waals surface area (Å²) in [6.07, 6.45) is 4.59. The molecule has 1 saturated carbocycles. The molecule has 4 rings (SSSR count). The van der Waals surface area contributed by atoms with Crippen LogP contribution in [0, 0.1) is 0 Å². The summed E-state index contributed by atoms with van der Waals surface area (Å²) in [4.78, 5) is 17.4. The first-order chi connectivity index (χ1) is 12.9. The van der Waals surface area contributed by atoms with Crippen molar-refractivity contribution in [1.82, 2.24) is 14.6 Å². The number of benzene rings is 1. The van der Waals surface area contributed by atoms with Crippen molar-refractivity contribution in [3.8, 4) is 0 Å². The predicted molar refractivity (Wildman–Crippen MR) is 104 cm³/mol. The summed E-state index contributed by atoms with van der Waals surface area (Å²) in [6, 6.07) is 5.14. The van der Waals surface area contributed by atoms with Crippen LogP contribution in [0.3, 0.4) is 0 Å². The molecule has 0 spiro atoms. The molecule has 7 nitrogen and oxygen atoms in total. The van der Waals surface area contributed by atoms with Gasteiger partial charge in [0.2, 0.25) is 10.0 Å². The zero-order valence-electron chi connectivity index (χ0n) is 14.9. The number of carbonyl (C=O) groups is 1. The van der Waals surface area contributed by atoms with Crippen LogP contribution in [0.25, 0.3) is 10.2 Å². The van der Waals surface area contributed by atoms with Crippen LogP contribution in [-0.2, 0) is 10.0 Å². The van der Waals surface area contributed by atoms with Crippen LogP contribution in [0.15, 0.2) is 23.1 Å². The average molecular weight is 410 g/mol. The molecule has 146 valence electrons. The largest absolute Gasteiger partial charge is 0.465 e. The van der Waals surface area contributed by atoms with Crippen LogP contribution in [-0.4, -0.2) is 48.6 Å². The molecule has 1 aliphatic heterocycles. The Morgan fingerprint density at radius 3 is 2.56 bits per heavy atom. The highest BCUT2D eigenvalue weighted by molar-refractivity contribution is 7.89. The highest BCUT2D eigenvalue weighted by Crippen LogP contribution is 2.35. The molecule has 2 heterocycles. The van der Waals surface area contributed by atoms with Gasteiger partial charge in [0.15, 0.2) is 0 Å². The summed E-state index contributed by atoms with van der Waals surface area (Å²) >= 11 is 1.52. The van der Waals surface area contributed by atoms with E-state index in [4.69, 9.17) is 5.11 Å². The molecule has 27 heavy (non-hydrogen) atoms. The Morgan fingerprint density at radius 2 is 1.89 bits per heavy atom. The topological polar surface area (TPSA) is 99.6 Å². The maximum atomic E-state index is 12.7. The molecule has 1 aromatic carbocycles. The van der Waals surface area contributed by atoms with E-state index in [0.29, 0.717) is 13.1 Å². The van der Waals surface area contributed by atoms with E-state index in [2.05, 4.69) is 9.71 Å². The summed E-state index contributed by atoms with van der Waals surface area (Å²) in [7, 11) is -3.51. The third-order valence-electron chi connectivity index (χ3n) is 5.48. The molecular weight excluding hydrogens is 386 g/mol. The van der Waals surface area contributed by atoms with Gasteiger partial charge in [-0.05, 0) is 43.9 Å². The monoisotopic (exact) mass is 409 g/mol. The second kappa shape index (κ2) is 7.37. The van der Waals surface area contributed by atoms with E-state index in [1.807, 2.05) is 0 Å². The van der Waals surface area contributed by atoms with Crippen LogP contribution < -0.4 is 4.72 Å². The molecule has 0 bridgehead atoms. The first kappa shape index (κ1) is 18.6. The van der Waals surface area contributed by atoms with Crippen LogP contribution in [0.5, 0.6) is 0 Å². The highest BCUT2D eigenvalue weighted by Gasteiger charge is 2.27. The van der Waals surface area contributed by atoms with Crippen molar-refractivity contribution in [3.05, 3.63) is 23.2 Å². The van der Waals surface area contributed by atoms with Crippen molar-refractivity contribution in [3.63, 3.8) is 0 Å². The Morgan fingerprint density at radius 1 is 1.19 bits per heavy atom. The van der Waals surface area contributed by atoms with Gasteiger partial charge in [0.1, 0.15) is 0 Å². The molecule has 1 aliphatic carbocycles. The first-order valence-corrected chi connectivity index (χ1v) is 11.6. The van der Waals surface area contributed by atoms with Gasteiger partial charge in [0, 0.05) is 25.0 Å². The predicted octanol–water partition coefficient (Wildman–Crippen LogP) is 3.37. The standard InChI is InChI=1S/C18H23N3O4S2/c22-18(23)21-9-7-12(8-10-21)17-19-15-6-5-14(11-16(15)26-17)27(24,25)20-13-3-1-2-4-13/h5-6,11-13,20H,1-4,7-10H2,(H,22,23). The van der Waals surface area contributed by atoms with Crippen molar-refractivity contribution in [2.24, 2.45) is 0 Å². The van der Waals surface area contributed by atoms with Gasteiger partial charge in [-0.3, -0.25) is 0 Å². The fourth-order valence-corrected chi connectivity index (χ4v) is 6.49. The quantitative estimate of drug-likeness (QED) is 0.806. The van der Waals surface area contributed by atoms with E-state index in [0.717, 1.165) is 53.7 Å². The molecule has 1 amide bonds. The van der Waals surface area contributed by atoms with Crippen molar-refractivity contribution in [2.45, 2.75) is 55.4 Å². The number of amides is 1. The normalized spacial score (nSPS) is 19.8. The number of hydrogen-bond acceptors (Lipinski definition) is 5. The number of sulfonamides is 1. The van der Waals surface area contributed by atoms with Gasteiger partial charge >= 0.3 is 6.09 Å². The van der Waals surface area contributed by atoms with Crippen LogP contribution in [0.4, 0.5) is 4.79 Å². The number of piperidine rings is 1. The number of nitrogens with zero attached hydrogens (tertiary/aromatic N) is 2. The van der Waals surface area contributed by atoms with Gasteiger partial charge in [-0.25, -0.2) is 22.9 Å². The van der Waals surface area contributed by atoms with Crippen LogP contribution in [0.2, 0.25) is 0 Å². The minimum atomic E-state index is -3.51. The average Bonchev–Trinajstić information content (AvgIpc) is 3.30. The smallest absolute Gasteiger partial charge is 0.407 e. The summed E-state index contributed by atoms with van der Waals surface area (Å²) in [6.45, 7) is 1.03. The van der Waals surface area contributed by atoms with E-state index < -0.39 is 16.1 Å². The third-order valence-corrected chi connectivity index (χ3v) is 8.18. The van der Waals surface area contributed by atoms with E-state index in [-0.39, 0.29) is 16.9 Å². The zero-order valence-corrected chi connectivity index (χ0v) is 16.6. The maximum Gasteiger partial charge on any atom is 0.407 e. The van der Waals surface area contributed by atoms with Crippen molar-refractivity contribution in [2.75, 3.05) is 13.1 Å². The van der Waals surface area contributed by atoms with Gasteiger partial charge in [-0.15, -0.1) is 11.3 Å². The lowest BCUT2D eigenvalue weighted by Gasteiger charge is -2.28. The van der Waals surface area contributed by atoms with Crippen LogP contribution >= 0.6 is 11.3 Å². The maximum absolute atomic E-state index is 12.7. The molecular formula is C18H23N3O4S2. The van der Waals surface area contributed by atoms with E-state index in [9.17, 15) is 13.2 Å². The Kier molecular flexibility index (Phi) is 5.09. The van der Waals surface area contributed by atoms with Gasteiger partial charge in [0.25, 0.3) is 0 Å². The fraction of sp³-hybridized carbons (Fsp3) is 0.556. The molecule has 1 saturated heterocycles. The Balaban J connectivity index is 1.53. The number of hydrogen-bond donors (Lipinski definition) is 2. The molecule has 0 unspecified atom stereocenters. The van der Waals surface area contributed by atoms with E-state index >= 15 is 0 Å². The number of thiazole rings is 1. The SMILES string of the molecule is O=C(O)N1CCC(c2nc3ccc(S(=O)(=O)NC4CCCC4)cc3s2)CC1. The highest BCUT2D eigenvalue weighted by atomic mass is 32.2. The molecule has 2 aromatic rings. The molecule has 2 aliphatic rings. The van der Waals surface area contributed by atoms with Crippen molar-refractivity contribution < 1.29 is 18.3 Å². The molecule has 2 N–H and O–H groups in total. The summed E-state index contributed by atoms with van der Waals surface area (Å²) < 4.78 is 29.0. The first-order valence-electron chi connectivity index (χ1n) is 9.33. The second-order valence-corrected chi connectivity index (χ2v) is 10.1. The summed E-state index contributed by atoms with van der Waals surface area (Å²) in [5, 5.41) is 10.0. The van der Waals surface area contributed by atoms with Gasteiger partial charge in [0.05, 0.1) is 20.1 Å². The lowest BCUT2D eigenvalue weighted by molar-refractivity contribution is 0.132. The second-order valence-electron chi connectivity index (χ2n) is 7.33. The van der Waals surface area contributed by atoms with E-state index in [1.165, 1.54) is 16.2 Å². The zero-order chi connectivity index (χ0) is 19.0. The van der Waals surface area contributed by atoms with Gasteiger partial charge in [-0.1, -0.05) is 12.8 Å². The Hall–Kier alpha value is -1.71. The Labute approximate surface area is 162 Å².